The first-order chi connectivity index (χ1) is 15.0. The summed E-state index contributed by atoms with van der Waals surface area (Å²) in [6, 6.07) is 8.50. The van der Waals surface area contributed by atoms with Gasteiger partial charge in [-0.25, -0.2) is 4.98 Å². The zero-order valence-electron chi connectivity index (χ0n) is 16.9. The van der Waals surface area contributed by atoms with Crippen molar-refractivity contribution >= 4 is 40.8 Å². The second-order valence-electron chi connectivity index (χ2n) is 6.96. The largest absolute Gasteiger partial charge is 0.481 e. The summed E-state index contributed by atoms with van der Waals surface area (Å²) >= 11 is 0.979. The van der Waals surface area contributed by atoms with E-state index >= 15 is 0 Å². The van der Waals surface area contributed by atoms with Crippen LogP contribution in [0.1, 0.15) is 17.5 Å². The van der Waals surface area contributed by atoms with Crippen LogP contribution in [0.4, 0.5) is 19.0 Å². The van der Waals surface area contributed by atoms with E-state index in [0.29, 0.717) is 11.1 Å². The first kappa shape index (κ1) is 23.3. The van der Waals surface area contributed by atoms with Gasteiger partial charge in [-0.1, -0.05) is 36.0 Å². The van der Waals surface area contributed by atoms with Crippen LogP contribution in [0.5, 0.6) is 0 Å². The highest BCUT2D eigenvalue weighted by Gasteiger charge is 2.33. The number of benzene rings is 1. The summed E-state index contributed by atoms with van der Waals surface area (Å²) in [5.74, 6) is -1.34. The number of nitrogens with one attached hydrogen (secondary N) is 1. The van der Waals surface area contributed by atoms with E-state index in [1.54, 1.807) is 38.4 Å². The SMILES string of the molecule is CN(C)c1cc(C(F)(F)F)cc(-c2ccc(C=NN=C3NC(=O)C(CC(=O)O)S3)cc2)n1. The highest BCUT2D eigenvalue weighted by Crippen LogP contribution is 2.33. The second kappa shape index (κ2) is 9.39. The number of carbonyl (C=O) groups is 2. The summed E-state index contributed by atoms with van der Waals surface area (Å²) in [4.78, 5) is 28.2. The molecule has 2 heterocycles. The molecule has 2 aromatic rings. The van der Waals surface area contributed by atoms with Gasteiger partial charge in [0.05, 0.1) is 23.9 Å². The third-order valence-electron chi connectivity index (χ3n) is 4.30. The van der Waals surface area contributed by atoms with Crippen LogP contribution in [0.2, 0.25) is 0 Å². The number of nitrogens with zero attached hydrogens (tertiary/aromatic N) is 4. The van der Waals surface area contributed by atoms with Crippen molar-refractivity contribution in [2.45, 2.75) is 17.8 Å². The number of amides is 1. The quantitative estimate of drug-likeness (QED) is 0.501. The fourth-order valence-electron chi connectivity index (χ4n) is 2.69. The van der Waals surface area contributed by atoms with Gasteiger partial charge in [0.1, 0.15) is 11.1 Å². The zero-order chi connectivity index (χ0) is 23.5. The summed E-state index contributed by atoms with van der Waals surface area (Å²) in [5.41, 5.74) is 0.513. The van der Waals surface area contributed by atoms with Crippen LogP contribution < -0.4 is 10.2 Å². The standard InChI is InChI=1S/C20H18F3N5O3S/c1-28(2)16-8-13(20(21,22)23)7-14(25-16)12-5-3-11(4-6-12)10-24-27-19-26-18(31)15(32-19)9-17(29)30/h3-8,10,15H,9H2,1-2H3,(H,29,30)(H,26,27,31). The Hall–Kier alpha value is -3.41. The summed E-state index contributed by atoms with van der Waals surface area (Å²) in [6.45, 7) is 0. The lowest BCUT2D eigenvalue weighted by Crippen LogP contribution is -2.26. The van der Waals surface area contributed by atoms with Crippen LogP contribution in [-0.4, -0.2) is 52.7 Å². The normalized spacial score (nSPS) is 17.7. The predicted octanol–water partition coefficient (Wildman–Crippen LogP) is 3.23. The molecule has 0 bridgehead atoms. The van der Waals surface area contributed by atoms with E-state index in [4.69, 9.17) is 5.11 Å². The van der Waals surface area contributed by atoms with Gasteiger partial charge in [-0.2, -0.15) is 18.3 Å². The van der Waals surface area contributed by atoms with Crippen LogP contribution in [0.3, 0.4) is 0 Å². The van der Waals surface area contributed by atoms with Gasteiger partial charge in [0.15, 0.2) is 5.17 Å². The summed E-state index contributed by atoms with van der Waals surface area (Å²) in [6.07, 6.45) is -3.41. The Morgan fingerprint density at radius 3 is 2.56 bits per heavy atom. The van der Waals surface area contributed by atoms with Gasteiger partial charge < -0.3 is 15.3 Å². The van der Waals surface area contributed by atoms with Crippen molar-refractivity contribution in [1.29, 1.82) is 0 Å². The Labute approximate surface area is 185 Å². The number of thioether (sulfide) groups is 1. The van der Waals surface area contributed by atoms with Crippen molar-refractivity contribution in [2.24, 2.45) is 10.2 Å². The molecule has 1 atom stereocenters. The van der Waals surface area contributed by atoms with Gasteiger partial charge in [-0.15, -0.1) is 5.10 Å². The van der Waals surface area contributed by atoms with Gasteiger partial charge in [-0.3, -0.25) is 9.59 Å². The van der Waals surface area contributed by atoms with Crippen LogP contribution in [0.25, 0.3) is 11.3 Å². The molecule has 32 heavy (non-hydrogen) atoms. The lowest BCUT2D eigenvalue weighted by atomic mass is 10.1. The van der Waals surface area contributed by atoms with Gasteiger partial charge in [0.25, 0.3) is 0 Å². The molecule has 0 saturated carbocycles. The summed E-state index contributed by atoms with van der Waals surface area (Å²) in [7, 11) is 3.23. The molecule has 2 N–H and O–H groups in total. The molecule has 1 saturated heterocycles. The summed E-state index contributed by atoms with van der Waals surface area (Å²) < 4.78 is 39.7. The first-order valence-corrected chi connectivity index (χ1v) is 10.1. The number of halogens is 3. The van der Waals surface area contributed by atoms with E-state index in [-0.39, 0.29) is 23.1 Å². The van der Waals surface area contributed by atoms with Crippen molar-refractivity contribution < 1.29 is 27.9 Å². The Kier molecular flexibility index (Phi) is 6.82. The van der Waals surface area contributed by atoms with Crippen molar-refractivity contribution in [3.05, 3.63) is 47.5 Å². The smallest absolute Gasteiger partial charge is 0.416 e. The van der Waals surface area contributed by atoms with Gasteiger partial charge in [0, 0.05) is 19.7 Å². The number of alkyl halides is 3. The fraction of sp³-hybridized carbons (Fsp3) is 0.250. The molecule has 1 aromatic carbocycles. The second-order valence-corrected chi connectivity index (χ2v) is 8.15. The minimum atomic E-state index is -4.49. The van der Waals surface area contributed by atoms with Crippen LogP contribution in [-0.2, 0) is 15.8 Å². The molecule has 1 aromatic heterocycles. The first-order valence-electron chi connectivity index (χ1n) is 9.20. The average molecular weight is 465 g/mol. The number of rotatable bonds is 6. The maximum absolute atomic E-state index is 13.2. The molecular formula is C20H18F3N5O3S. The van der Waals surface area contributed by atoms with Crippen molar-refractivity contribution in [3.63, 3.8) is 0 Å². The van der Waals surface area contributed by atoms with Crippen molar-refractivity contribution in [2.75, 3.05) is 19.0 Å². The third-order valence-corrected chi connectivity index (χ3v) is 5.37. The number of aliphatic carboxylic acids is 1. The van der Waals surface area contributed by atoms with E-state index in [0.717, 1.165) is 23.9 Å². The van der Waals surface area contributed by atoms with Crippen LogP contribution in [0.15, 0.2) is 46.6 Å². The monoisotopic (exact) mass is 465 g/mol. The lowest BCUT2D eigenvalue weighted by molar-refractivity contribution is -0.138. The third kappa shape index (κ3) is 5.84. The Morgan fingerprint density at radius 2 is 1.97 bits per heavy atom. The zero-order valence-corrected chi connectivity index (χ0v) is 17.7. The van der Waals surface area contributed by atoms with Gasteiger partial charge >= 0.3 is 12.1 Å². The molecule has 168 valence electrons. The van der Waals surface area contributed by atoms with E-state index in [2.05, 4.69) is 20.5 Å². The van der Waals surface area contributed by atoms with E-state index in [1.807, 2.05) is 0 Å². The molecule has 1 aliphatic rings. The molecule has 8 nitrogen and oxygen atoms in total. The number of amidine groups is 1. The van der Waals surface area contributed by atoms with E-state index in [9.17, 15) is 22.8 Å². The minimum Gasteiger partial charge on any atom is -0.481 e. The molecule has 0 radical (unpaired) electrons. The van der Waals surface area contributed by atoms with Crippen molar-refractivity contribution in [1.82, 2.24) is 10.3 Å². The Morgan fingerprint density at radius 1 is 1.28 bits per heavy atom. The number of carboxylic acid groups (broad SMARTS) is 1. The highest BCUT2D eigenvalue weighted by atomic mass is 32.2. The summed E-state index contributed by atoms with van der Waals surface area (Å²) in [5, 5.41) is 18.4. The molecular weight excluding hydrogens is 447 g/mol. The van der Waals surface area contributed by atoms with Crippen LogP contribution >= 0.6 is 11.8 Å². The molecule has 0 aliphatic carbocycles. The molecule has 1 aliphatic heterocycles. The molecule has 1 amide bonds. The van der Waals surface area contributed by atoms with Crippen LogP contribution in [0, 0.1) is 0 Å². The minimum absolute atomic E-state index is 0.182. The number of anilines is 1. The van der Waals surface area contributed by atoms with E-state index < -0.39 is 28.9 Å². The van der Waals surface area contributed by atoms with Gasteiger partial charge in [-0.05, 0) is 17.7 Å². The Bertz CT molecular complexity index is 1080. The van der Waals surface area contributed by atoms with Crippen molar-refractivity contribution in [3.8, 4) is 11.3 Å². The number of hydrogen-bond acceptors (Lipinski definition) is 7. The maximum Gasteiger partial charge on any atom is 0.416 e. The highest BCUT2D eigenvalue weighted by molar-refractivity contribution is 8.15. The predicted molar refractivity (Wildman–Crippen MR) is 116 cm³/mol. The molecule has 3 rings (SSSR count). The topological polar surface area (TPSA) is 107 Å². The number of carbonyl (C=O) groups excluding carboxylic acids is 1. The fourth-order valence-corrected chi connectivity index (χ4v) is 3.60. The number of hydrogen-bond donors (Lipinski definition) is 2. The number of pyridine rings is 1. The molecule has 1 fully saturated rings. The number of aromatic nitrogens is 1. The molecule has 1 unspecified atom stereocenters. The average Bonchev–Trinajstić information content (AvgIpc) is 3.06. The van der Waals surface area contributed by atoms with Gasteiger partial charge in [0.2, 0.25) is 5.91 Å². The number of carboxylic acids is 1. The Balaban J connectivity index is 1.75. The van der Waals surface area contributed by atoms with E-state index in [1.165, 1.54) is 11.1 Å². The lowest BCUT2D eigenvalue weighted by Gasteiger charge is -2.16. The molecule has 0 spiro atoms. The maximum atomic E-state index is 13.2. The molecule has 12 heteroatoms.